The summed E-state index contributed by atoms with van der Waals surface area (Å²) in [5.41, 5.74) is 2.46. The number of carbonyl (C=O) groups is 8. The molecule has 0 fully saturated rings. The molecular formula is C70H113N5O16. The number of hydrogen-bond donors (Lipinski definition) is 5. The largest absolute Gasteiger partial charge is 0.460 e. The molecule has 0 heterocycles. The van der Waals surface area contributed by atoms with Crippen molar-refractivity contribution in [3.63, 3.8) is 0 Å². The van der Waals surface area contributed by atoms with Gasteiger partial charge in [0.25, 0.3) is 0 Å². The quantitative estimate of drug-likeness (QED) is 0.0234. The fraction of sp³-hybridized carbons (Fsp3) is 0.714. The Balaban J connectivity index is 1.12. The maximum absolute atomic E-state index is 13.1. The Hall–Kier alpha value is -6.16. The van der Waals surface area contributed by atoms with Gasteiger partial charge < -0.3 is 64.5 Å². The molecular weight excluding hydrogens is 1170 g/mol. The molecule has 5 amide bonds. The lowest BCUT2D eigenvalue weighted by Crippen LogP contribution is -2.44. The minimum Gasteiger partial charge on any atom is -0.460 e. The molecule has 2 aromatic rings. The lowest BCUT2D eigenvalue weighted by molar-refractivity contribution is -0.159. The summed E-state index contributed by atoms with van der Waals surface area (Å²) >= 11 is 0. The number of esters is 3. The van der Waals surface area contributed by atoms with Crippen LogP contribution in [-0.4, -0.2) is 156 Å². The second-order valence-corrected chi connectivity index (χ2v) is 26.4. The second kappa shape index (κ2) is 45.2. The zero-order chi connectivity index (χ0) is 66.8. The van der Waals surface area contributed by atoms with Gasteiger partial charge in [-0.05, 0) is 123 Å². The fourth-order valence-corrected chi connectivity index (χ4v) is 10.2. The van der Waals surface area contributed by atoms with Gasteiger partial charge >= 0.3 is 24.0 Å². The molecule has 0 bridgehead atoms. The van der Waals surface area contributed by atoms with Crippen molar-refractivity contribution < 1.29 is 76.3 Å². The molecule has 91 heavy (non-hydrogen) atoms. The molecule has 0 radical (unpaired) electrons. The highest BCUT2D eigenvalue weighted by atomic mass is 16.6. The first-order valence-corrected chi connectivity index (χ1v) is 33.6. The van der Waals surface area contributed by atoms with Gasteiger partial charge in [-0.3, -0.25) is 24.0 Å². The van der Waals surface area contributed by atoms with Crippen molar-refractivity contribution in [3.8, 4) is 11.1 Å². The first-order valence-electron chi connectivity index (χ1n) is 33.6. The number of rotatable bonds is 49. The van der Waals surface area contributed by atoms with Crippen LogP contribution in [0.3, 0.4) is 0 Å². The molecule has 0 aliphatic heterocycles. The summed E-state index contributed by atoms with van der Waals surface area (Å²) in [7, 11) is 0. The first-order chi connectivity index (χ1) is 43.4. The smallest absolute Gasteiger partial charge is 0.407 e. The van der Waals surface area contributed by atoms with Crippen molar-refractivity contribution in [1.29, 1.82) is 0 Å². The molecule has 2 aromatic carbocycles. The van der Waals surface area contributed by atoms with Crippen molar-refractivity contribution in [2.24, 2.45) is 0 Å². The summed E-state index contributed by atoms with van der Waals surface area (Å²) in [6.45, 7) is 18.0. The maximum atomic E-state index is 13.1. The van der Waals surface area contributed by atoms with Gasteiger partial charge in [0.1, 0.15) is 48.7 Å². The van der Waals surface area contributed by atoms with Gasteiger partial charge in [0.2, 0.25) is 23.6 Å². The Bertz CT molecular complexity index is 2410. The summed E-state index contributed by atoms with van der Waals surface area (Å²) < 4.78 is 44.0. The molecule has 0 unspecified atom stereocenters. The molecule has 0 aromatic heterocycles. The van der Waals surface area contributed by atoms with E-state index in [-0.39, 0.29) is 127 Å². The van der Waals surface area contributed by atoms with E-state index in [0.717, 1.165) is 60.8 Å². The normalized spacial score (nSPS) is 12.8. The summed E-state index contributed by atoms with van der Waals surface area (Å²) in [6.07, 6.45) is 19.8. The number of fused-ring (bicyclic) bond motifs is 3. The van der Waals surface area contributed by atoms with Crippen LogP contribution >= 0.6 is 0 Å². The van der Waals surface area contributed by atoms with E-state index in [1.807, 2.05) is 57.2 Å². The molecule has 21 nitrogen and oxygen atoms in total. The molecule has 0 spiro atoms. The van der Waals surface area contributed by atoms with Gasteiger partial charge in [-0.1, -0.05) is 138 Å². The van der Waals surface area contributed by atoms with Crippen LogP contribution < -0.4 is 26.6 Å². The van der Waals surface area contributed by atoms with Gasteiger partial charge in [-0.2, -0.15) is 0 Å². The summed E-state index contributed by atoms with van der Waals surface area (Å²) in [6, 6.07) is 14.2. The molecule has 1 aliphatic carbocycles. The molecule has 1 aliphatic rings. The van der Waals surface area contributed by atoms with Gasteiger partial charge in [0.15, 0.2) is 0 Å². The molecule has 0 saturated heterocycles. The van der Waals surface area contributed by atoms with Crippen molar-refractivity contribution >= 4 is 47.6 Å². The van der Waals surface area contributed by atoms with Crippen molar-refractivity contribution in [2.45, 2.75) is 245 Å². The van der Waals surface area contributed by atoms with Gasteiger partial charge in [0.05, 0.1) is 39.6 Å². The number of hydrogen-bond acceptors (Lipinski definition) is 16. The number of carbonyl (C=O) groups excluding carboxylic acids is 8. The van der Waals surface area contributed by atoms with E-state index >= 15 is 0 Å². The predicted octanol–water partition coefficient (Wildman–Crippen LogP) is 10.8. The molecule has 3 rings (SSSR count). The standard InChI is InChI=1S/C70H113N5O16/c1-68(2,3)89-64(80)38-25-23-21-19-17-15-13-11-10-12-14-16-18-20-22-24-37-61(77)74-59(66(82)91-70(7,8)9)39-40-60(76)72-42-44-84-46-49-87-52-63(79)73-43-45-85-47-48-86-51-62(78)71-41-31-30-36-58(65(81)90-69(4,5)6)75-67(83)88-50-57-55-34-28-26-32-53(55)54-33-27-29-35-56(54)57/h26-29,32-35,57-59H,10-25,30-31,36-52H2,1-9H3,(H,71,78)(H,72,76)(H,73,79)(H,74,77)(H,75,83)/t58-,59-/m0/s1. The SMILES string of the molecule is CC(C)(C)OC(=O)CCCCCCCCCCCCCCCCCCC(=O)N[C@@H](CCC(=O)NCCOCCOCC(=O)NCCOCCOCC(=O)NCCCC[C@H](NC(=O)OCC1c2ccccc2-c2ccccc21)C(=O)OC(C)(C)C)C(=O)OC(C)(C)C. The Labute approximate surface area is 543 Å². The first kappa shape index (κ1) is 79.1. The van der Waals surface area contributed by atoms with Crippen LogP contribution in [0, 0.1) is 0 Å². The van der Waals surface area contributed by atoms with Crippen molar-refractivity contribution in [3.05, 3.63) is 59.7 Å². The second-order valence-electron chi connectivity index (χ2n) is 26.4. The Kier molecular flexibility index (Phi) is 39.3. The van der Waals surface area contributed by atoms with E-state index in [9.17, 15) is 38.4 Å². The van der Waals surface area contributed by atoms with Gasteiger partial charge in [-0.25, -0.2) is 14.4 Å². The third kappa shape index (κ3) is 39.1. The zero-order valence-electron chi connectivity index (χ0n) is 56.6. The highest BCUT2D eigenvalue weighted by Crippen LogP contribution is 2.44. The van der Waals surface area contributed by atoms with Gasteiger partial charge in [0, 0.05) is 44.8 Å². The average Bonchev–Trinajstić information content (AvgIpc) is 1.65. The third-order valence-corrected chi connectivity index (χ3v) is 14.6. The van der Waals surface area contributed by atoms with Crippen LogP contribution in [0.1, 0.15) is 227 Å². The predicted molar refractivity (Wildman–Crippen MR) is 350 cm³/mol. The highest BCUT2D eigenvalue weighted by Gasteiger charge is 2.32. The third-order valence-electron chi connectivity index (χ3n) is 14.6. The van der Waals surface area contributed by atoms with Crippen LogP contribution in [0.5, 0.6) is 0 Å². The van der Waals surface area contributed by atoms with Crippen LogP contribution in [0.25, 0.3) is 11.1 Å². The molecule has 2 atom stereocenters. The van der Waals surface area contributed by atoms with Crippen LogP contribution in [0.4, 0.5) is 4.79 Å². The summed E-state index contributed by atoms with van der Waals surface area (Å²) in [5.74, 6) is -2.55. The van der Waals surface area contributed by atoms with Crippen molar-refractivity contribution in [2.75, 3.05) is 79.1 Å². The molecule has 514 valence electrons. The van der Waals surface area contributed by atoms with E-state index in [2.05, 4.69) is 38.7 Å². The van der Waals surface area contributed by atoms with Crippen LogP contribution in [0.2, 0.25) is 0 Å². The monoisotopic (exact) mass is 1280 g/mol. The molecule has 21 heteroatoms. The lowest BCUT2D eigenvalue weighted by atomic mass is 9.98. The Morgan fingerprint density at radius 3 is 1.27 bits per heavy atom. The number of benzene rings is 2. The van der Waals surface area contributed by atoms with E-state index < -0.39 is 46.9 Å². The Morgan fingerprint density at radius 1 is 0.396 bits per heavy atom. The number of nitrogens with one attached hydrogen (secondary N) is 5. The fourth-order valence-electron chi connectivity index (χ4n) is 10.2. The van der Waals surface area contributed by atoms with E-state index in [4.69, 9.17) is 37.9 Å². The highest BCUT2D eigenvalue weighted by molar-refractivity contribution is 5.86. The van der Waals surface area contributed by atoms with Crippen molar-refractivity contribution in [1.82, 2.24) is 26.6 Å². The molecule has 0 saturated carbocycles. The van der Waals surface area contributed by atoms with E-state index in [1.54, 1.807) is 41.5 Å². The lowest BCUT2D eigenvalue weighted by Gasteiger charge is -2.24. The number of ether oxygens (including phenoxy) is 8. The summed E-state index contributed by atoms with van der Waals surface area (Å²) in [4.78, 5) is 101. The van der Waals surface area contributed by atoms with E-state index in [1.165, 1.54) is 64.2 Å². The Morgan fingerprint density at radius 2 is 0.802 bits per heavy atom. The topological polar surface area (TPSA) is 271 Å². The number of amides is 5. The zero-order valence-corrected chi connectivity index (χ0v) is 56.6. The molecule has 5 N–H and O–H groups in total. The van der Waals surface area contributed by atoms with Gasteiger partial charge in [-0.15, -0.1) is 0 Å². The number of alkyl carbamates (subject to hydrolysis) is 1. The van der Waals surface area contributed by atoms with E-state index in [0.29, 0.717) is 32.2 Å². The average molecular weight is 1280 g/mol. The summed E-state index contributed by atoms with van der Waals surface area (Å²) in [5, 5.41) is 13.7. The minimum atomic E-state index is -0.949. The minimum absolute atomic E-state index is 0.00230. The maximum Gasteiger partial charge on any atom is 0.407 e. The number of unbranched alkanes of at least 4 members (excludes halogenated alkanes) is 16. The van der Waals surface area contributed by atoms with Crippen LogP contribution in [0.15, 0.2) is 48.5 Å². The van der Waals surface area contributed by atoms with Crippen LogP contribution in [-0.2, 0) is 71.5 Å².